The second-order valence-corrected chi connectivity index (χ2v) is 5.80. The Balaban J connectivity index is 2.92. The number of sulfonamides is 1. The molecule has 1 rings (SSSR count). The second kappa shape index (κ2) is 4.94. The lowest BCUT2D eigenvalue weighted by Gasteiger charge is -2.17. The van der Waals surface area contributed by atoms with Crippen LogP contribution >= 0.6 is 0 Å². The molecule has 16 heavy (non-hydrogen) atoms. The molecule has 7 heteroatoms. The third kappa shape index (κ3) is 2.81. The molecular formula is C9H18N4O2S. The number of nitrogens with two attached hydrogens (primary N) is 1. The predicted octanol–water partition coefficient (Wildman–Crippen LogP) is -0.129. The van der Waals surface area contributed by atoms with Crippen molar-refractivity contribution in [2.24, 2.45) is 5.73 Å². The molecule has 0 aliphatic carbocycles. The summed E-state index contributed by atoms with van der Waals surface area (Å²) in [7, 11) is -2.00. The highest BCUT2D eigenvalue weighted by atomic mass is 32.2. The average molecular weight is 246 g/mol. The van der Waals surface area contributed by atoms with E-state index < -0.39 is 10.0 Å². The van der Waals surface area contributed by atoms with Crippen molar-refractivity contribution in [1.82, 2.24) is 13.9 Å². The molecule has 2 N–H and O–H groups in total. The Labute approximate surface area is 96.1 Å². The van der Waals surface area contributed by atoms with Gasteiger partial charge in [-0.05, 0) is 13.8 Å². The topological polar surface area (TPSA) is 81.2 Å². The van der Waals surface area contributed by atoms with E-state index in [1.165, 1.54) is 23.9 Å². The van der Waals surface area contributed by atoms with Gasteiger partial charge in [0.2, 0.25) is 0 Å². The molecule has 1 atom stereocenters. The van der Waals surface area contributed by atoms with Crippen molar-refractivity contribution >= 4 is 10.0 Å². The van der Waals surface area contributed by atoms with Gasteiger partial charge in [0, 0.05) is 32.4 Å². The van der Waals surface area contributed by atoms with Crippen LogP contribution in [0.5, 0.6) is 0 Å². The van der Waals surface area contributed by atoms with Crippen molar-refractivity contribution in [3.63, 3.8) is 0 Å². The van der Waals surface area contributed by atoms with Crippen LogP contribution in [0.25, 0.3) is 0 Å². The molecule has 0 amide bonds. The van der Waals surface area contributed by atoms with E-state index in [-0.39, 0.29) is 17.6 Å². The lowest BCUT2D eigenvalue weighted by Crippen LogP contribution is -2.37. The molecular weight excluding hydrogens is 228 g/mol. The van der Waals surface area contributed by atoms with Gasteiger partial charge in [-0.25, -0.2) is 13.4 Å². The summed E-state index contributed by atoms with van der Waals surface area (Å²) in [5, 5.41) is 0.0671. The summed E-state index contributed by atoms with van der Waals surface area (Å²) in [5.41, 5.74) is 5.57. The van der Waals surface area contributed by atoms with Crippen LogP contribution in [0, 0.1) is 0 Å². The molecule has 6 nitrogen and oxygen atoms in total. The number of rotatable bonds is 5. The van der Waals surface area contributed by atoms with Crippen LogP contribution in [0.4, 0.5) is 0 Å². The van der Waals surface area contributed by atoms with Crippen LogP contribution in [0.3, 0.4) is 0 Å². The number of imidazole rings is 1. The molecule has 1 unspecified atom stereocenters. The van der Waals surface area contributed by atoms with E-state index in [4.69, 9.17) is 5.73 Å². The molecule has 0 radical (unpaired) electrons. The Morgan fingerprint density at radius 2 is 2.25 bits per heavy atom. The molecule has 92 valence electrons. The van der Waals surface area contributed by atoms with Crippen LogP contribution in [0.1, 0.15) is 13.8 Å². The molecule has 0 spiro atoms. The number of aromatic nitrogens is 2. The fourth-order valence-corrected chi connectivity index (χ4v) is 2.51. The molecule has 0 saturated heterocycles. The first-order chi connectivity index (χ1) is 7.37. The lowest BCUT2D eigenvalue weighted by atomic mass is 10.4. The van der Waals surface area contributed by atoms with Crippen LogP contribution in [0.2, 0.25) is 0 Å². The maximum atomic E-state index is 12.0. The van der Waals surface area contributed by atoms with Crippen LogP contribution in [-0.2, 0) is 16.6 Å². The quantitative estimate of drug-likeness (QED) is 0.784. The van der Waals surface area contributed by atoms with Crippen molar-refractivity contribution in [2.45, 2.75) is 31.5 Å². The Bertz CT molecular complexity index is 438. The van der Waals surface area contributed by atoms with Crippen molar-refractivity contribution in [2.75, 3.05) is 13.6 Å². The summed E-state index contributed by atoms with van der Waals surface area (Å²) in [6.07, 6.45) is 3.03. The summed E-state index contributed by atoms with van der Waals surface area (Å²) in [6.45, 7) is 4.65. The van der Waals surface area contributed by atoms with Crippen LogP contribution in [-0.4, -0.2) is 41.9 Å². The Kier molecular flexibility index (Phi) is 4.06. The predicted molar refractivity (Wildman–Crippen MR) is 61.4 cm³/mol. The zero-order valence-electron chi connectivity index (χ0n) is 9.79. The average Bonchev–Trinajstić information content (AvgIpc) is 2.65. The second-order valence-electron chi connectivity index (χ2n) is 3.81. The molecule has 1 heterocycles. The Hall–Kier alpha value is -0.920. The monoisotopic (exact) mass is 246 g/mol. The first kappa shape index (κ1) is 13.1. The van der Waals surface area contributed by atoms with E-state index in [1.54, 1.807) is 11.5 Å². The molecule has 0 saturated carbocycles. The number of likely N-dealkylation sites (N-methyl/N-ethyl adjacent to an activating group) is 1. The Morgan fingerprint density at radius 1 is 1.62 bits per heavy atom. The molecule has 0 bridgehead atoms. The number of hydrogen-bond acceptors (Lipinski definition) is 4. The minimum absolute atomic E-state index is 0.0671. The molecule has 0 aromatic carbocycles. The van der Waals surface area contributed by atoms with Gasteiger partial charge >= 0.3 is 0 Å². The van der Waals surface area contributed by atoms with E-state index in [0.29, 0.717) is 6.54 Å². The van der Waals surface area contributed by atoms with E-state index in [9.17, 15) is 8.42 Å². The lowest BCUT2D eigenvalue weighted by molar-refractivity contribution is 0.443. The van der Waals surface area contributed by atoms with Crippen molar-refractivity contribution in [1.29, 1.82) is 0 Å². The highest BCUT2D eigenvalue weighted by Gasteiger charge is 2.23. The van der Waals surface area contributed by atoms with E-state index in [2.05, 4.69) is 4.98 Å². The minimum Gasteiger partial charge on any atom is -0.336 e. The van der Waals surface area contributed by atoms with Gasteiger partial charge in [0.15, 0.2) is 5.03 Å². The minimum atomic E-state index is -3.50. The highest BCUT2D eigenvalue weighted by Crippen LogP contribution is 2.11. The molecule has 1 aromatic heterocycles. The van der Waals surface area contributed by atoms with Crippen LogP contribution < -0.4 is 5.73 Å². The maximum absolute atomic E-state index is 12.0. The highest BCUT2D eigenvalue weighted by molar-refractivity contribution is 7.89. The Morgan fingerprint density at radius 3 is 2.69 bits per heavy atom. The molecule has 0 fully saturated rings. The van der Waals surface area contributed by atoms with E-state index in [0.717, 1.165) is 0 Å². The third-order valence-electron chi connectivity index (χ3n) is 2.19. The van der Waals surface area contributed by atoms with E-state index >= 15 is 0 Å². The molecule has 0 aliphatic heterocycles. The van der Waals surface area contributed by atoms with Gasteiger partial charge in [-0.15, -0.1) is 0 Å². The van der Waals surface area contributed by atoms with E-state index in [1.807, 2.05) is 6.92 Å². The fraction of sp³-hybridized carbons (Fsp3) is 0.667. The van der Waals surface area contributed by atoms with Gasteiger partial charge < -0.3 is 10.3 Å². The molecule has 0 aliphatic rings. The van der Waals surface area contributed by atoms with Gasteiger partial charge in [-0.3, -0.25) is 0 Å². The number of nitrogens with zero attached hydrogens (tertiary/aromatic N) is 3. The zero-order valence-corrected chi connectivity index (χ0v) is 10.6. The number of aryl methyl sites for hydroxylation is 1. The molecule has 1 aromatic rings. The maximum Gasteiger partial charge on any atom is 0.261 e. The summed E-state index contributed by atoms with van der Waals surface area (Å²) < 4.78 is 26.9. The smallest absolute Gasteiger partial charge is 0.261 e. The van der Waals surface area contributed by atoms with Gasteiger partial charge in [-0.1, -0.05) is 0 Å². The van der Waals surface area contributed by atoms with Gasteiger partial charge in [0.05, 0.1) is 6.33 Å². The zero-order chi connectivity index (χ0) is 12.3. The largest absolute Gasteiger partial charge is 0.336 e. The van der Waals surface area contributed by atoms with Crippen LogP contribution in [0.15, 0.2) is 17.6 Å². The summed E-state index contributed by atoms with van der Waals surface area (Å²) in [5.74, 6) is 0. The summed E-state index contributed by atoms with van der Waals surface area (Å²) in [4.78, 5) is 3.88. The summed E-state index contributed by atoms with van der Waals surface area (Å²) in [6, 6.07) is -0.201. The van der Waals surface area contributed by atoms with Gasteiger partial charge in [0.25, 0.3) is 10.0 Å². The standard InChI is InChI=1S/C9H18N4O2S/c1-4-13-6-9(11-7-13)16(14,15)12(3)5-8(2)10/h6-8H,4-5,10H2,1-3H3. The van der Waals surface area contributed by atoms with Crippen molar-refractivity contribution < 1.29 is 8.42 Å². The van der Waals surface area contributed by atoms with Crippen molar-refractivity contribution in [3.8, 4) is 0 Å². The van der Waals surface area contributed by atoms with Gasteiger partial charge in [0.1, 0.15) is 0 Å². The van der Waals surface area contributed by atoms with Crippen molar-refractivity contribution in [3.05, 3.63) is 12.5 Å². The normalized spacial score (nSPS) is 14.3. The fourth-order valence-electron chi connectivity index (χ4n) is 1.31. The summed E-state index contributed by atoms with van der Waals surface area (Å²) >= 11 is 0. The van der Waals surface area contributed by atoms with Gasteiger partial charge in [-0.2, -0.15) is 4.31 Å². The third-order valence-corrected chi connectivity index (χ3v) is 3.90. The number of hydrogen-bond donors (Lipinski definition) is 1. The first-order valence-electron chi connectivity index (χ1n) is 5.11. The SMILES string of the molecule is CCn1cnc(S(=O)(=O)N(C)CC(C)N)c1. The first-order valence-corrected chi connectivity index (χ1v) is 6.55.